The van der Waals surface area contributed by atoms with Crippen LogP contribution in [0.2, 0.25) is 0 Å². The highest BCUT2D eigenvalue weighted by atomic mass is 16.5. The van der Waals surface area contributed by atoms with E-state index in [1.54, 1.807) is 24.0 Å². The van der Waals surface area contributed by atoms with Crippen molar-refractivity contribution in [1.29, 1.82) is 0 Å². The molecule has 0 saturated carbocycles. The van der Waals surface area contributed by atoms with Gasteiger partial charge in [0.2, 0.25) is 5.76 Å². The average molecular weight is 382 g/mol. The summed E-state index contributed by atoms with van der Waals surface area (Å²) in [5.74, 6) is 0.0852. The number of benzene rings is 1. The average Bonchev–Trinajstić information content (AvgIpc) is 3.37. The molecule has 1 saturated heterocycles. The van der Waals surface area contributed by atoms with Crippen LogP contribution in [0.1, 0.15) is 33.6 Å². The Morgan fingerprint density at radius 2 is 1.86 bits per heavy atom. The summed E-state index contributed by atoms with van der Waals surface area (Å²) in [7, 11) is 0. The molecule has 1 aliphatic heterocycles. The number of amides is 1. The SMILES string of the molecule is CCOC(=O)c1oc2ccccc2c1CN1CCN(C(=O)c2ccco2)CC1. The fourth-order valence-corrected chi connectivity index (χ4v) is 3.51. The van der Waals surface area contributed by atoms with Crippen LogP contribution in [0.4, 0.5) is 0 Å². The van der Waals surface area contributed by atoms with Crippen molar-refractivity contribution < 1.29 is 23.2 Å². The molecule has 146 valence electrons. The maximum Gasteiger partial charge on any atom is 0.374 e. The van der Waals surface area contributed by atoms with Gasteiger partial charge in [0, 0.05) is 43.7 Å². The predicted octanol–water partition coefficient (Wildman–Crippen LogP) is 3.16. The summed E-state index contributed by atoms with van der Waals surface area (Å²) in [5, 5.41) is 0.916. The van der Waals surface area contributed by atoms with E-state index in [4.69, 9.17) is 13.6 Å². The molecule has 0 atom stereocenters. The lowest BCUT2D eigenvalue weighted by atomic mass is 10.1. The molecule has 7 nitrogen and oxygen atoms in total. The lowest BCUT2D eigenvalue weighted by Crippen LogP contribution is -2.48. The third-order valence-corrected chi connectivity index (χ3v) is 4.93. The van der Waals surface area contributed by atoms with Crippen LogP contribution in [0.3, 0.4) is 0 Å². The molecule has 2 aromatic heterocycles. The first-order chi connectivity index (χ1) is 13.7. The number of hydrogen-bond acceptors (Lipinski definition) is 6. The van der Waals surface area contributed by atoms with Gasteiger partial charge < -0.3 is 18.5 Å². The van der Waals surface area contributed by atoms with E-state index in [1.807, 2.05) is 24.3 Å². The molecule has 1 amide bonds. The number of carbonyl (C=O) groups is 2. The van der Waals surface area contributed by atoms with Crippen molar-refractivity contribution in [3.63, 3.8) is 0 Å². The van der Waals surface area contributed by atoms with Crippen LogP contribution in [-0.2, 0) is 11.3 Å². The molecule has 0 bridgehead atoms. The van der Waals surface area contributed by atoms with E-state index in [0.29, 0.717) is 50.7 Å². The fourth-order valence-electron chi connectivity index (χ4n) is 3.51. The van der Waals surface area contributed by atoms with Crippen molar-refractivity contribution >= 4 is 22.8 Å². The minimum absolute atomic E-state index is 0.0920. The Morgan fingerprint density at radius 3 is 2.57 bits per heavy atom. The number of piperazine rings is 1. The van der Waals surface area contributed by atoms with Gasteiger partial charge in [-0.2, -0.15) is 0 Å². The van der Waals surface area contributed by atoms with E-state index in [9.17, 15) is 9.59 Å². The van der Waals surface area contributed by atoms with E-state index in [0.717, 1.165) is 10.9 Å². The van der Waals surface area contributed by atoms with Gasteiger partial charge in [-0.15, -0.1) is 0 Å². The maximum atomic E-state index is 12.4. The Kier molecular flexibility index (Phi) is 5.16. The molecule has 0 unspecified atom stereocenters. The summed E-state index contributed by atoms with van der Waals surface area (Å²) in [6, 6.07) is 11.0. The quantitative estimate of drug-likeness (QED) is 0.631. The highest BCUT2D eigenvalue weighted by Gasteiger charge is 2.27. The van der Waals surface area contributed by atoms with Crippen molar-refractivity contribution in [2.75, 3.05) is 32.8 Å². The number of fused-ring (bicyclic) bond motifs is 1. The minimum Gasteiger partial charge on any atom is -0.460 e. The second kappa shape index (κ2) is 7.90. The van der Waals surface area contributed by atoms with E-state index in [2.05, 4.69) is 4.90 Å². The van der Waals surface area contributed by atoms with Gasteiger partial charge >= 0.3 is 5.97 Å². The van der Waals surface area contributed by atoms with Crippen molar-refractivity contribution in [3.8, 4) is 0 Å². The molecular formula is C21H22N2O5. The van der Waals surface area contributed by atoms with Crippen LogP contribution >= 0.6 is 0 Å². The highest BCUT2D eigenvalue weighted by molar-refractivity contribution is 5.96. The fraction of sp³-hybridized carbons (Fsp3) is 0.333. The number of rotatable bonds is 5. The van der Waals surface area contributed by atoms with E-state index in [1.165, 1.54) is 6.26 Å². The molecule has 0 spiro atoms. The van der Waals surface area contributed by atoms with Gasteiger partial charge in [-0.1, -0.05) is 18.2 Å². The third-order valence-electron chi connectivity index (χ3n) is 4.93. The highest BCUT2D eigenvalue weighted by Crippen LogP contribution is 2.28. The Morgan fingerprint density at radius 1 is 1.07 bits per heavy atom. The molecule has 1 fully saturated rings. The Labute approximate surface area is 162 Å². The first kappa shape index (κ1) is 18.3. The van der Waals surface area contributed by atoms with Gasteiger partial charge in [-0.05, 0) is 25.1 Å². The number of carbonyl (C=O) groups excluding carboxylic acids is 2. The van der Waals surface area contributed by atoms with Crippen LogP contribution in [-0.4, -0.2) is 54.5 Å². The Balaban J connectivity index is 1.49. The Hall–Kier alpha value is -3.06. The van der Waals surface area contributed by atoms with E-state index in [-0.39, 0.29) is 11.7 Å². The molecule has 1 aliphatic rings. The Bertz CT molecular complexity index is 968. The van der Waals surface area contributed by atoms with Crippen molar-refractivity contribution in [3.05, 3.63) is 59.7 Å². The number of nitrogens with zero attached hydrogens (tertiary/aromatic N) is 2. The second-order valence-corrected chi connectivity index (χ2v) is 6.67. The molecule has 0 aliphatic carbocycles. The number of esters is 1. The van der Waals surface area contributed by atoms with Crippen LogP contribution in [0.15, 0.2) is 51.5 Å². The van der Waals surface area contributed by atoms with Gasteiger partial charge in [-0.25, -0.2) is 4.79 Å². The lowest BCUT2D eigenvalue weighted by molar-refractivity contribution is 0.0487. The molecule has 3 heterocycles. The van der Waals surface area contributed by atoms with Gasteiger partial charge in [-0.3, -0.25) is 9.69 Å². The maximum absolute atomic E-state index is 12.4. The zero-order chi connectivity index (χ0) is 19.5. The lowest BCUT2D eigenvalue weighted by Gasteiger charge is -2.34. The van der Waals surface area contributed by atoms with E-state index < -0.39 is 5.97 Å². The van der Waals surface area contributed by atoms with Crippen molar-refractivity contribution in [2.24, 2.45) is 0 Å². The largest absolute Gasteiger partial charge is 0.460 e. The van der Waals surface area contributed by atoms with Crippen LogP contribution in [0, 0.1) is 0 Å². The monoisotopic (exact) mass is 382 g/mol. The molecule has 7 heteroatoms. The summed E-state index contributed by atoms with van der Waals surface area (Å²) < 4.78 is 16.2. The van der Waals surface area contributed by atoms with Crippen molar-refractivity contribution in [2.45, 2.75) is 13.5 Å². The second-order valence-electron chi connectivity index (χ2n) is 6.67. The smallest absolute Gasteiger partial charge is 0.374 e. The van der Waals surface area contributed by atoms with Crippen LogP contribution in [0.25, 0.3) is 11.0 Å². The van der Waals surface area contributed by atoms with Gasteiger partial charge in [0.1, 0.15) is 5.58 Å². The first-order valence-corrected chi connectivity index (χ1v) is 9.40. The van der Waals surface area contributed by atoms with Crippen molar-refractivity contribution in [1.82, 2.24) is 9.80 Å². The number of para-hydroxylation sites is 1. The minimum atomic E-state index is -0.444. The summed E-state index contributed by atoms with van der Waals surface area (Å²) in [5.41, 5.74) is 1.51. The van der Waals surface area contributed by atoms with Crippen LogP contribution < -0.4 is 0 Å². The first-order valence-electron chi connectivity index (χ1n) is 9.40. The standard InChI is InChI=1S/C21H22N2O5/c1-2-26-21(25)19-16(15-6-3-4-7-17(15)28-19)14-22-9-11-23(12-10-22)20(24)18-8-5-13-27-18/h3-8,13H,2,9-12,14H2,1H3. The summed E-state index contributed by atoms with van der Waals surface area (Å²) in [6.45, 7) is 5.24. The number of ether oxygens (including phenoxy) is 1. The molecule has 0 radical (unpaired) electrons. The molecule has 0 N–H and O–H groups in total. The zero-order valence-corrected chi connectivity index (χ0v) is 15.7. The predicted molar refractivity (Wildman–Crippen MR) is 102 cm³/mol. The van der Waals surface area contributed by atoms with Crippen LogP contribution in [0.5, 0.6) is 0 Å². The van der Waals surface area contributed by atoms with Gasteiger partial charge in [0.15, 0.2) is 5.76 Å². The molecular weight excluding hydrogens is 360 g/mol. The topological polar surface area (TPSA) is 76.1 Å². The molecule has 3 aromatic rings. The summed E-state index contributed by atoms with van der Waals surface area (Å²) >= 11 is 0. The molecule has 1 aromatic carbocycles. The number of furan rings is 2. The van der Waals surface area contributed by atoms with Gasteiger partial charge in [0.25, 0.3) is 5.91 Å². The number of hydrogen-bond donors (Lipinski definition) is 0. The van der Waals surface area contributed by atoms with E-state index >= 15 is 0 Å². The summed E-state index contributed by atoms with van der Waals surface area (Å²) in [6.07, 6.45) is 1.50. The summed E-state index contributed by atoms with van der Waals surface area (Å²) in [4.78, 5) is 28.8. The zero-order valence-electron chi connectivity index (χ0n) is 15.7. The normalized spacial score (nSPS) is 15.1. The molecule has 4 rings (SSSR count). The molecule has 28 heavy (non-hydrogen) atoms. The third kappa shape index (κ3) is 3.53. The van der Waals surface area contributed by atoms with Gasteiger partial charge in [0.05, 0.1) is 12.9 Å².